The van der Waals surface area contributed by atoms with Crippen LogP contribution in [-0.4, -0.2) is 11.6 Å². The highest BCUT2D eigenvalue weighted by atomic mass is 16.2. The lowest BCUT2D eigenvalue weighted by Crippen LogP contribution is -2.41. The van der Waals surface area contributed by atoms with E-state index in [-0.39, 0.29) is 29.3 Å². The van der Waals surface area contributed by atoms with Crippen molar-refractivity contribution < 1.29 is 9.59 Å². The van der Waals surface area contributed by atoms with Crippen molar-refractivity contribution in [3.05, 3.63) is 48.0 Å². The molecule has 2 nitrogen and oxygen atoms in total. The van der Waals surface area contributed by atoms with E-state index in [4.69, 9.17) is 0 Å². The van der Waals surface area contributed by atoms with Gasteiger partial charge in [0.05, 0.1) is 5.92 Å². The zero-order valence-electron chi connectivity index (χ0n) is 8.80. The van der Waals surface area contributed by atoms with Gasteiger partial charge >= 0.3 is 0 Å². The van der Waals surface area contributed by atoms with E-state index < -0.39 is 0 Å². The van der Waals surface area contributed by atoms with Gasteiger partial charge in [-0.15, -0.1) is 0 Å². The molecule has 3 aliphatic rings. The fraction of sp³-hybridized carbons (Fsp3) is 0.286. The first-order valence-electron chi connectivity index (χ1n) is 5.58. The number of hydrogen-bond donors (Lipinski definition) is 0. The average Bonchev–Trinajstić information content (AvgIpc) is 2.36. The summed E-state index contributed by atoms with van der Waals surface area (Å²) in [7, 11) is 0. The first kappa shape index (κ1) is 9.52. The molecular formula is C14H12O2. The molecule has 1 saturated carbocycles. The summed E-state index contributed by atoms with van der Waals surface area (Å²) < 4.78 is 0. The molecule has 80 valence electrons. The van der Waals surface area contributed by atoms with Gasteiger partial charge in [-0.25, -0.2) is 0 Å². The van der Waals surface area contributed by atoms with Crippen LogP contribution >= 0.6 is 0 Å². The molecule has 1 aromatic rings. The molecule has 1 aromatic carbocycles. The molecule has 0 saturated heterocycles. The Morgan fingerprint density at radius 3 is 2.38 bits per heavy atom. The van der Waals surface area contributed by atoms with Crippen LogP contribution in [0, 0.1) is 11.8 Å². The zero-order valence-corrected chi connectivity index (χ0v) is 8.80. The van der Waals surface area contributed by atoms with Crippen molar-refractivity contribution in [1.82, 2.24) is 0 Å². The first-order chi connectivity index (χ1) is 7.77. The van der Waals surface area contributed by atoms with Crippen molar-refractivity contribution in [2.75, 3.05) is 0 Å². The summed E-state index contributed by atoms with van der Waals surface area (Å²) in [6.07, 6.45) is 4.60. The number of fused-ring (bicyclic) bond motifs is 2. The summed E-state index contributed by atoms with van der Waals surface area (Å²) >= 11 is 0. The predicted molar refractivity (Wildman–Crippen MR) is 59.9 cm³/mol. The van der Waals surface area contributed by atoms with Crippen LogP contribution in [0.15, 0.2) is 42.5 Å². The number of carbonyl (C=O) groups is 2. The highest BCUT2D eigenvalue weighted by Gasteiger charge is 2.44. The van der Waals surface area contributed by atoms with Gasteiger partial charge in [0.15, 0.2) is 0 Å². The molecule has 0 heterocycles. The second-order valence-electron chi connectivity index (χ2n) is 4.50. The van der Waals surface area contributed by atoms with Crippen LogP contribution in [0.5, 0.6) is 0 Å². The molecule has 4 rings (SSSR count). The van der Waals surface area contributed by atoms with Gasteiger partial charge < -0.3 is 0 Å². The molecule has 2 heteroatoms. The molecule has 0 aromatic heterocycles. The van der Waals surface area contributed by atoms with Gasteiger partial charge in [0.1, 0.15) is 0 Å². The largest absolute Gasteiger partial charge is 0.290 e. The predicted octanol–water partition coefficient (Wildman–Crippen LogP) is 2.11. The van der Waals surface area contributed by atoms with Gasteiger partial charge in [0.25, 0.3) is 0 Å². The Balaban J connectivity index is 2.00. The second-order valence-corrected chi connectivity index (χ2v) is 4.50. The van der Waals surface area contributed by atoms with Gasteiger partial charge in [0, 0.05) is 5.92 Å². The molecule has 3 atom stereocenters. The minimum atomic E-state index is -0.222. The monoisotopic (exact) mass is 212 g/mol. The molecule has 1 unspecified atom stereocenters. The molecule has 0 amide bonds. The van der Waals surface area contributed by atoms with Crippen LogP contribution in [-0.2, 0) is 9.59 Å². The van der Waals surface area contributed by atoms with E-state index in [1.165, 1.54) is 5.56 Å². The molecule has 0 radical (unpaired) electrons. The van der Waals surface area contributed by atoms with Crippen LogP contribution in [0.1, 0.15) is 17.9 Å². The van der Waals surface area contributed by atoms with Crippen molar-refractivity contribution >= 4 is 11.6 Å². The van der Waals surface area contributed by atoms with E-state index in [2.05, 4.69) is 0 Å². The lowest BCUT2D eigenvalue weighted by Gasteiger charge is -2.35. The van der Waals surface area contributed by atoms with Crippen molar-refractivity contribution in [1.29, 1.82) is 0 Å². The number of benzene rings is 1. The van der Waals surface area contributed by atoms with Crippen LogP contribution in [0.25, 0.3) is 0 Å². The Morgan fingerprint density at radius 1 is 0.938 bits per heavy atom. The Bertz CT molecular complexity index is 473. The zero-order chi connectivity index (χ0) is 11.1. The molecule has 1 fully saturated rings. The number of allylic oxidation sites excluding steroid dienone is 2. The van der Waals surface area contributed by atoms with Crippen LogP contribution in [0.4, 0.5) is 0 Å². The van der Waals surface area contributed by atoms with Crippen molar-refractivity contribution in [2.45, 2.75) is 12.3 Å². The molecule has 0 spiro atoms. The van der Waals surface area contributed by atoms with E-state index in [0.717, 1.165) is 6.42 Å². The fourth-order valence-corrected chi connectivity index (χ4v) is 2.74. The van der Waals surface area contributed by atoms with E-state index in [0.29, 0.717) is 0 Å². The van der Waals surface area contributed by atoms with Crippen LogP contribution in [0.3, 0.4) is 0 Å². The van der Waals surface area contributed by atoms with Gasteiger partial charge in [-0.1, -0.05) is 42.5 Å². The van der Waals surface area contributed by atoms with Crippen molar-refractivity contribution in [3.8, 4) is 0 Å². The summed E-state index contributed by atoms with van der Waals surface area (Å²) in [4.78, 5) is 23.3. The standard InChI is InChI=1S/C14H12O2/c15-13-10-6-7-11(14(13)16)12(8-10)9-4-2-1-3-5-9/h1-7,10-12H,8H2/t10-,11+,12?/m1/s1. The Kier molecular flexibility index (Phi) is 2.03. The van der Waals surface area contributed by atoms with Gasteiger partial charge in [-0.05, 0) is 17.9 Å². The number of rotatable bonds is 1. The lowest BCUT2D eigenvalue weighted by atomic mass is 9.65. The maximum atomic E-state index is 11.8. The van der Waals surface area contributed by atoms with E-state index >= 15 is 0 Å². The summed E-state index contributed by atoms with van der Waals surface area (Å²) in [6, 6.07) is 10.0. The van der Waals surface area contributed by atoms with E-state index in [1.807, 2.05) is 42.5 Å². The summed E-state index contributed by atoms with van der Waals surface area (Å²) in [6.45, 7) is 0. The van der Waals surface area contributed by atoms with E-state index in [1.54, 1.807) is 0 Å². The SMILES string of the molecule is O=C1C(=O)[C@H]2C=C[C@@H]1CC2c1ccccc1. The lowest BCUT2D eigenvalue weighted by molar-refractivity contribution is -0.143. The van der Waals surface area contributed by atoms with Crippen molar-refractivity contribution in [3.63, 3.8) is 0 Å². The fourth-order valence-electron chi connectivity index (χ4n) is 2.74. The van der Waals surface area contributed by atoms with Crippen molar-refractivity contribution in [2.24, 2.45) is 11.8 Å². The number of hydrogen-bond acceptors (Lipinski definition) is 2. The third kappa shape index (κ3) is 1.26. The summed E-state index contributed by atoms with van der Waals surface area (Å²) in [5.74, 6) is -0.601. The molecule has 0 N–H and O–H groups in total. The molecule has 2 bridgehead atoms. The van der Waals surface area contributed by atoms with Crippen LogP contribution < -0.4 is 0 Å². The Hall–Kier alpha value is -1.70. The third-order valence-corrected chi connectivity index (χ3v) is 3.60. The first-order valence-corrected chi connectivity index (χ1v) is 5.58. The Morgan fingerprint density at radius 2 is 1.69 bits per heavy atom. The summed E-state index contributed by atoms with van der Waals surface area (Å²) in [5, 5.41) is 0. The van der Waals surface area contributed by atoms with Crippen LogP contribution in [0.2, 0.25) is 0 Å². The second kappa shape index (κ2) is 3.41. The summed E-state index contributed by atoms with van der Waals surface area (Å²) in [5.41, 5.74) is 1.17. The Labute approximate surface area is 94.0 Å². The minimum absolute atomic E-state index is 0.178. The number of Topliss-reactive ketones (excluding diaryl/α,β-unsaturated/α-hetero) is 2. The topological polar surface area (TPSA) is 34.1 Å². The molecule has 3 aliphatic carbocycles. The van der Waals surface area contributed by atoms with Gasteiger partial charge in [-0.3, -0.25) is 9.59 Å². The van der Waals surface area contributed by atoms with Gasteiger partial charge in [-0.2, -0.15) is 0 Å². The maximum absolute atomic E-state index is 11.8. The van der Waals surface area contributed by atoms with Gasteiger partial charge in [0.2, 0.25) is 11.6 Å². The minimum Gasteiger partial charge on any atom is -0.290 e. The average molecular weight is 212 g/mol. The quantitative estimate of drug-likeness (QED) is 0.528. The highest BCUT2D eigenvalue weighted by molar-refractivity contribution is 6.41. The molecule has 0 aliphatic heterocycles. The molecule has 16 heavy (non-hydrogen) atoms. The van der Waals surface area contributed by atoms with E-state index in [9.17, 15) is 9.59 Å². The smallest absolute Gasteiger partial charge is 0.206 e. The number of ketones is 2. The highest BCUT2D eigenvalue weighted by Crippen LogP contribution is 2.42. The third-order valence-electron chi connectivity index (χ3n) is 3.60. The number of carbonyl (C=O) groups excluding carboxylic acids is 2. The maximum Gasteiger partial charge on any atom is 0.206 e. The normalized spacial score (nSPS) is 32.1. The molecular weight excluding hydrogens is 200 g/mol.